The van der Waals surface area contributed by atoms with Crippen molar-refractivity contribution in [3.63, 3.8) is 0 Å². The van der Waals surface area contributed by atoms with Crippen molar-refractivity contribution in [2.24, 2.45) is 5.73 Å². The van der Waals surface area contributed by atoms with E-state index in [4.69, 9.17) is 5.73 Å². The third-order valence-electron chi connectivity index (χ3n) is 3.70. The minimum atomic E-state index is -0.150. The molecule has 120 valence electrons. The third-order valence-corrected chi connectivity index (χ3v) is 3.70. The molecule has 0 bridgehead atoms. The molecule has 0 fully saturated rings. The van der Waals surface area contributed by atoms with Crippen LogP contribution >= 0.6 is 0 Å². The lowest BCUT2D eigenvalue weighted by Crippen LogP contribution is -2.27. The maximum absolute atomic E-state index is 12.1. The summed E-state index contributed by atoms with van der Waals surface area (Å²) in [6, 6.07) is 7.92. The van der Waals surface area contributed by atoms with Crippen molar-refractivity contribution in [2.75, 3.05) is 30.4 Å². The van der Waals surface area contributed by atoms with Gasteiger partial charge in [-0.05, 0) is 24.6 Å². The van der Waals surface area contributed by atoms with Gasteiger partial charge in [0.25, 0.3) is 5.91 Å². The number of carbonyl (C=O) groups excluding carboxylic acids is 1. The maximum atomic E-state index is 12.1. The Balaban J connectivity index is 2.01. The van der Waals surface area contributed by atoms with Gasteiger partial charge in [-0.1, -0.05) is 12.1 Å². The molecule has 23 heavy (non-hydrogen) atoms. The smallest absolute Gasteiger partial charge is 0.257 e. The third kappa shape index (κ3) is 3.09. The minimum absolute atomic E-state index is 0.150. The van der Waals surface area contributed by atoms with Crippen molar-refractivity contribution in [3.8, 4) is 0 Å². The van der Waals surface area contributed by atoms with E-state index < -0.39 is 0 Å². The number of nitrogens with one attached hydrogen (secondary N) is 2. The number of nitrogens with two attached hydrogens (primary N) is 1. The Hall–Kier alpha value is -2.67. The molecule has 1 aromatic heterocycles. The molecule has 4 N–H and O–H groups in total. The molecule has 7 nitrogen and oxygen atoms in total. The van der Waals surface area contributed by atoms with E-state index in [0.717, 1.165) is 11.3 Å². The Morgan fingerprint density at radius 2 is 2.22 bits per heavy atom. The molecule has 0 atom stereocenters. The molecule has 0 saturated heterocycles. The molecule has 0 aliphatic carbocycles. The monoisotopic (exact) mass is 312 g/mol. The van der Waals surface area contributed by atoms with Crippen molar-refractivity contribution in [1.82, 2.24) is 15.3 Å². The normalized spacial score (nSPS) is 12.7. The first-order valence-electron chi connectivity index (χ1n) is 7.52. The largest absolute Gasteiger partial charge is 0.346 e. The van der Waals surface area contributed by atoms with Crippen LogP contribution in [-0.4, -0.2) is 36.0 Å². The average molecular weight is 312 g/mol. The Kier molecular flexibility index (Phi) is 4.12. The van der Waals surface area contributed by atoms with E-state index in [1.165, 1.54) is 0 Å². The molecule has 2 heterocycles. The number of rotatable bonds is 5. The zero-order chi connectivity index (χ0) is 16.4. The van der Waals surface area contributed by atoms with Gasteiger partial charge >= 0.3 is 0 Å². The topological polar surface area (TPSA) is 96.2 Å². The van der Waals surface area contributed by atoms with Crippen molar-refractivity contribution < 1.29 is 4.79 Å². The predicted octanol–water partition coefficient (Wildman–Crippen LogP) is 1.17. The highest BCUT2D eigenvalue weighted by atomic mass is 16.2. The van der Waals surface area contributed by atoms with Gasteiger partial charge in [-0.3, -0.25) is 4.79 Å². The molecule has 0 saturated carbocycles. The van der Waals surface area contributed by atoms with Crippen molar-refractivity contribution >= 4 is 23.4 Å². The Morgan fingerprint density at radius 1 is 1.39 bits per heavy atom. The van der Waals surface area contributed by atoms with Crippen LogP contribution in [0.25, 0.3) is 0 Å². The average Bonchev–Trinajstić information content (AvgIpc) is 2.89. The van der Waals surface area contributed by atoms with Crippen molar-refractivity contribution in [3.05, 3.63) is 41.1 Å². The van der Waals surface area contributed by atoms with Crippen molar-refractivity contribution in [1.29, 1.82) is 0 Å². The fourth-order valence-corrected chi connectivity index (χ4v) is 2.53. The summed E-state index contributed by atoms with van der Waals surface area (Å²) < 4.78 is 0. The number of amides is 1. The van der Waals surface area contributed by atoms with E-state index >= 15 is 0 Å². The van der Waals surface area contributed by atoms with Gasteiger partial charge in [0.05, 0.1) is 12.2 Å². The first-order valence-corrected chi connectivity index (χ1v) is 7.52. The highest BCUT2D eigenvalue weighted by molar-refractivity contribution is 6.02. The highest BCUT2D eigenvalue weighted by Gasteiger charge is 2.27. The standard InChI is InChI=1S/C16H20N6O/c1-10-4-3-5-11(8-10)19-14-13-12(9-18-15(13)23)20-16(21-14)22(2)7-6-17/h3-5,8H,6-7,9,17H2,1-2H3,(H,18,23)(H,19,20,21). The van der Waals surface area contributed by atoms with Crippen LogP contribution in [0.15, 0.2) is 24.3 Å². The number of fused-ring (bicyclic) bond motifs is 1. The Labute approximate surface area is 134 Å². The van der Waals surface area contributed by atoms with Crippen LogP contribution in [0.3, 0.4) is 0 Å². The van der Waals surface area contributed by atoms with Crippen LogP contribution in [-0.2, 0) is 6.54 Å². The SMILES string of the molecule is Cc1cccc(Nc2nc(N(C)CCN)nc3c2C(=O)NC3)c1. The van der Waals surface area contributed by atoms with E-state index in [9.17, 15) is 4.79 Å². The quantitative estimate of drug-likeness (QED) is 0.767. The van der Waals surface area contributed by atoms with Gasteiger partial charge in [0.15, 0.2) is 0 Å². The number of benzene rings is 1. The van der Waals surface area contributed by atoms with Gasteiger partial charge in [0.2, 0.25) is 5.95 Å². The zero-order valence-electron chi connectivity index (χ0n) is 13.3. The molecule has 2 aromatic rings. The summed E-state index contributed by atoms with van der Waals surface area (Å²) in [7, 11) is 1.88. The number of likely N-dealkylation sites (N-methyl/N-ethyl adjacent to an activating group) is 1. The second kappa shape index (κ2) is 6.21. The summed E-state index contributed by atoms with van der Waals surface area (Å²) >= 11 is 0. The lowest BCUT2D eigenvalue weighted by Gasteiger charge is -2.18. The van der Waals surface area contributed by atoms with Crippen molar-refractivity contribution in [2.45, 2.75) is 13.5 Å². The van der Waals surface area contributed by atoms with Gasteiger partial charge in [-0.15, -0.1) is 0 Å². The van der Waals surface area contributed by atoms with Gasteiger partial charge in [-0.2, -0.15) is 4.98 Å². The maximum Gasteiger partial charge on any atom is 0.257 e. The number of aryl methyl sites for hydroxylation is 1. The summed E-state index contributed by atoms with van der Waals surface area (Å²) in [4.78, 5) is 23.0. The molecule has 0 radical (unpaired) electrons. The van der Waals surface area contributed by atoms with E-state index in [-0.39, 0.29) is 5.91 Å². The minimum Gasteiger partial charge on any atom is -0.346 e. The molecule has 0 spiro atoms. The van der Waals surface area contributed by atoms with Crippen LogP contribution < -0.4 is 21.3 Å². The molecule has 1 amide bonds. The first-order chi connectivity index (χ1) is 11.1. The molecule has 3 rings (SSSR count). The van der Waals surface area contributed by atoms with Crippen LogP contribution in [0.4, 0.5) is 17.5 Å². The second-order valence-electron chi connectivity index (χ2n) is 5.58. The van der Waals surface area contributed by atoms with E-state index in [1.54, 1.807) is 0 Å². The molecule has 1 aliphatic rings. The Bertz CT molecular complexity index is 745. The summed E-state index contributed by atoms with van der Waals surface area (Å²) in [6.07, 6.45) is 0. The highest BCUT2D eigenvalue weighted by Crippen LogP contribution is 2.27. The number of aromatic nitrogens is 2. The first kappa shape index (κ1) is 15.2. The van der Waals surface area contributed by atoms with Gasteiger partial charge in [0.1, 0.15) is 11.4 Å². The van der Waals surface area contributed by atoms with Crippen LogP contribution in [0.2, 0.25) is 0 Å². The summed E-state index contributed by atoms with van der Waals surface area (Å²) in [5.74, 6) is 0.929. The van der Waals surface area contributed by atoms with Gasteiger partial charge < -0.3 is 21.3 Å². The Morgan fingerprint density at radius 3 is 2.96 bits per heavy atom. The van der Waals surface area contributed by atoms with Crippen LogP contribution in [0.1, 0.15) is 21.6 Å². The fraction of sp³-hybridized carbons (Fsp3) is 0.312. The number of nitrogens with zero attached hydrogens (tertiary/aromatic N) is 3. The van der Waals surface area contributed by atoms with Gasteiger partial charge in [0, 0.05) is 25.8 Å². The van der Waals surface area contributed by atoms with Crippen LogP contribution in [0, 0.1) is 6.92 Å². The number of hydrogen-bond donors (Lipinski definition) is 3. The van der Waals surface area contributed by atoms with Crippen LogP contribution in [0.5, 0.6) is 0 Å². The summed E-state index contributed by atoms with van der Waals surface area (Å²) in [5.41, 5.74) is 8.84. The summed E-state index contributed by atoms with van der Waals surface area (Å²) in [6.45, 7) is 3.59. The van der Waals surface area contributed by atoms with E-state index in [0.29, 0.717) is 42.7 Å². The molecule has 0 unspecified atom stereocenters. The fourth-order valence-electron chi connectivity index (χ4n) is 2.53. The number of anilines is 3. The molecule has 7 heteroatoms. The molecular formula is C16H20N6O. The lowest BCUT2D eigenvalue weighted by molar-refractivity contribution is 0.0966. The zero-order valence-corrected chi connectivity index (χ0v) is 13.3. The number of hydrogen-bond acceptors (Lipinski definition) is 6. The molecule has 1 aromatic carbocycles. The van der Waals surface area contributed by atoms with Gasteiger partial charge in [-0.25, -0.2) is 4.98 Å². The molecule has 1 aliphatic heterocycles. The van der Waals surface area contributed by atoms with E-state index in [1.807, 2.05) is 43.1 Å². The van der Waals surface area contributed by atoms with E-state index in [2.05, 4.69) is 20.6 Å². The lowest BCUT2D eigenvalue weighted by atomic mass is 10.2. The second-order valence-corrected chi connectivity index (χ2v) is 5.58. The number of carbonyl (C=O) groups is 1. The predicted molar refractivity (Wildman–Crippen MR) is 90.0 cm³/mol. The summed E-state index contributed by atoms with van der Waals surface area (Å²) in [5, 5.41) is 6.04. The molecular weight excluding hydrogens is 292 g/mol.